The molecule has 0 atom stereocenters. The van der Waals surface area contributed by atoms with Crippen molar-refractivity contribution in [3.05, 3.63) is 83.9 Å². The lowest BCUT2D eigenvalue weighted by Crippen LogP contribution is -1.99. The van der Waals surface area contributed by atoms with Crippen molar-refractivity contribution >= 4 is 0 Å². The summed E-state index contributed by atoms with van der Waals surface area (Å²) in [5.41, 5.74) is 3.91. The Kier molecular flexibility index (Phi) is 4.89. The standard InChI is InChI=1S/C24H18F2N4O2/c1-14-10-15(31-2)6-7-17(14)21-11-16(32-29-21)12-30-9-8-20-22(13-30)28-24(27-20)18-4-3-5-19(25)23(18)26/h3-11,13H,12H2,1-2H3. The molecule has 0 amide bonds. The van der Waals surface area contributed by atoms with Crippen LogP contribution in [-0.2, 0) is 6.54 Å². The molecule has 0 saturated carbocycles. The Morgan fingerprint density at radius 1 is 0.969 bits per heavy atom. The van der Waals surface area contributed by atoms with Crippen molar-refractivity contribution < 1.29 is 18.0 Å². The fourth-order valence-corrected chi connectivity index (χ4v) is 3.59. The van der Waals surface area contributed by atoms with Crippen LogP contribution in [0.2, 0.25) is 0 Å². The molecule has 0 aliphatic carbocycles. The number of imidazole rings is 1. The van der Waals surface area contributed by atoms with E-state index >= 15 is 0 Å². The molecule has 2 aliphatic heterocycles. The maximum atomic E-state index is 14.1. The Labute approximate surface area is 182 Å². The molecule has 0 fully saturated rings. The molecule has 5 rings (SSSR count). The molecule has 3 heterocycles. The molecule has 0 N–H and O–H groups in total. The fourth-order valence-electron chi connectivity index (χ4n) is 3.59. The molecular weight excluding hydrogens is 414 g/mol. The zero-order valence-corrected chi connectivity index (χ0v) is 17.3. The van der Waals surface area contributed by atoms with E-state index < -0.39 is 11.6 Å². The van der Waals surface area contributed by atoms with Gasteiger partial charge in [-0.1, -0.05) is 11.2 Å². The van der Waals surface area contributed by atoms with Crippen molar-refractivity contribution in [2.24, 2.45) is 0 Å². The van der Waals surface area contributed by atoms with Gasteiger partial charge in [-0.3, -0.25) is 0 Å². The predicted molar refractivity (Wildman–Crippen MR) is 114 cm³/mol. The fraction of sp³-hybridized carbons (Fsp3) is 0.125. The van der Waals surface area contributed by atoms with Crippen LogP contribution < -0.4 is 4.74 Å². The molecule has 2 aliphatic rings. The van der Waals surface area contributed by atoms with Crippen LogP contribution >= 0.6 is 0 Å². The Balaban J connectivity index is 1.41. The van der Waals surface area contributed by atoms with Crippen LogP contribution in [0.4, 0.5) is 8.78 Å². The zero-order valence-electron chi connectivity index (χ0n) is 17.3. The van der Waals surface area contributed by atoms with Crippen LogP contribution in [-0.4, -0.2) is 26.8 Å². The van der Waals surface area contributed by atoms with Crippen molar-refractivity contribution in [1.29, 1.82) is 0 Å². The van der Waals surface area contributed by atoms with Crippen LogP contribution in [0, 0.1) is 18.6 Å². The number of fused-ring (bicyclic) bond motifs is 1. The number of aromatic nitrogens is 4. The van der Waals surface area contributed by atoms with Crippen LogP contribution in [0.1, 0.15) is 11.3 Å². The maximum absolute atomic E-state index is 14.1. The quantitative estimate of drug-likeness (QED) is 0.375. The van der Waals surface area contributed by atoms with E-state index in [1.807, 2.05) is 42.0 Å². The first kappa shape index (κ1) is 19.9. The summed E-state index contributed by atoms with van der Waals surface area (Å²) < 4.78 is 40.3. The maximum Gasteiger partial charge on any atom is 0.169 e. The molecule has 3 aromatic rings. The second-order valence-corrected chi connectivity index (χ2v) is 7.40. The van der Waals surface area contributed by atoms with Gasteiger partial charge in [0.25, 0.3) is 0 Å². The summed E-state index contributed by atoms with van der Waals surface area (Å²) in [6, 6.07) is 13.4. The van der Waals surface area contributed by atoms with Gasteiger partial charge in [0.1, 0.15) is 17.1 Å². The molecule has 0 radical (unpaired) electrons. The summed E-state index contributed by atoms with van der Waals surface area (Å²) in [6.07, 6.45) is 3.60. The van der Waals surface area contributed by atoms with Crippen molar-refractivity contribution in [1.82, 2.24) is 19.7 Å². The first-order valence-electron chi connectivity index (χ1n) is 9.90. The van der Waals surface area contributed by atoms with Gasteiger partial charge in [-0.25, -0.2) is 18.7 Å². The van der Waals surface area contributed by atoms with Gasteiger partial charge in [0.2, 0.25) is 0 Å². The normalized spacial score (nSPS) is 11.2. The molecule has 0 unspecified atom stereocenters. The van der Waals surface area contributed by atoms with Crippen LogP contribution in [0.15, 0.2) is 65.4 Å². The molecule has 0 bridgehead atoms. The second kappa shape index (κ2) is 7.88. The second-order valence-electron chi connectivity index (χ2n) is 7.40. The smallest absolute Gasteiger partial charge is 0.169 e. The highest BCUT2D eigenvalue weighted by Gasteiger charge is 2.18. The van der Waals surface area contributed by atoms with E-state index in [0.29, 0.717) is 23.7 Å². The van der Waals surface area contributed by atoms with Crippen molar-refractivity contribution in [2.45, 2.75) is 13.5 Å². The van der Waals surface area contributed by atoms with Crippen molar-refractivity contribution in [3.8, 4) is 39.8 Å². The van der Waals surface area contributed by atoms with Gasteiger partial charge < -0.3 is 13.8 Å². The van der Waals surface area contributed by atoms with Crippen LogP contribution in [0.5, 0.6) is 5.75 Å². The molecule has 0 spiro atoms. The number of pyridine rings is 1. The number of nitrogens with zero attached hydrogens (tertiary/aromatic N) is 4. The zero-order chi connectivity index (χ0) is 22.2. The summed E-state index contributed by atoms with van der Waals surface area (Å²) >= 11 is 0. The lowest BCUT2D eigenvalue weighted by Gasteiger charge is -2.05. The summed E-state index contributed by atoms with van der Waals surface area (Å²) in [7, 11) is 1.63. The first-order valence-corrected chi connectivity index (χ1v) is 9.90. The highest BCUT2D eigenvalue weighted by atomic mass is 19.2. The molecule has 6 nitrogen and oxygen atoms in total. The topological polar surface area (TPSA) is 66.0 Å². The third kappa shape index (κ3) is 3.60. The van der Waals surface area contributed by atoms with E-state index in [0.717, 1.165) is 28.6 Å². The monoisotopic (exact) mass is 432 g/mol. The molecule has 32 heavy (non-hydrogen) atoms. The summed E-state index contributed by atoms with van der Waals surface area (Å²) in [4.78, 5) is 8.69. The first-order chi connectivity index (χ1) is 15.5. The number of hydrogen-bond acceptors (Lipinski definition) is 5. The van der Waals surface area contributed by atoms with Crippen LogP contribution in [0.25, 0.3) is 34.0 Å². The van der Waals surface area contributed by atoms with Gasteiger partial charge in [-0.2, -0.15) is 0 Å². The highest BCUT2D eigenvalue weighted by Crippen LogP contribution is 2.29. The van der Waals surface area contributed by atoms with Crippen LogP contribution in [0.3, 0.4) is 0 Å². The average molecular weight is 432 g/mol. The molecule has 1 aromatic heterocycles. The number of hydrogen-bond donors (Lipinski definition) is 0. The number of halogens is 2. The van der Waals surface area contributed by atoms with Gasteiger partial charge >= 0.3 is 0 Å². The van der Waals surface area contributed by atoms with E-state index in [4.69, 9.17) is 9.26 Å². The van der Waals surface area contributed by atoms with E-state index in [-0.39, 0.29) is 11.4 Å². The Morgan fingerprint density at radius 2 is 1.81 bits per heavy atom. The minimum absolute atomic E-state index is 0.0301. The molecule has 160 valence electrons. The number of methoxy groups -OCH3 is 1. The third-order valence-electron chi connectivity index (χ3n) is 5.23. The third-order valence-corrected chi connectivity index (χ3v) is 5.23. The lowest BCUT2D eigenvalue weighted by atomic mass is 10.1. The summed E-state index contributed by atoms with van der Waals surface area (Å²) in [6.45, 7) is 2.41. The van der Waals surface area contributed by atoms with Gasteiger partial charge in [-0.15, -0.1) is 0 Å². The highest BCUT2D eigenvalue weighted by molar-refractivity contribution is 5.66. The summed E-state index contributed by atoms with van der Waals surface area (Å²) in [5.74, 6) is -0.298. The average Bonchev–Trinajstić information content (AvgIpc) is 3.42. The Hall–Kier alpha value is -4.07. The summed E-state index contributed by atoms with van der Waals surface area (Å²) in [5, 5.41) is 4.19. The SMILES string of the molecule is COc1ccc(-c2cc(Cn3ccc4nc(-c5cccc(F)c5F)nc-4c3)on2)c(C)c1. The Bertz CT molecular complexity index is 1390. The van der Waals surface area contributed by atoms with E-state index in [1.165, 1.54) is 12.1 Å². The van der Waals surface area contributed by atoms with E-state index in [1.54, 1.807) is 19.4 Å². The van der Waals surface area contributed by atoms with Gasteiger partial charge in [0.15, 0.2) is 23.2 Å². The largest absolute Gasteiger partial charge is 0.497 e. The van der Waals surface area contributed by atoms with Gasteiger partial charge in [-0.05, 0) is 48.9 Å². The predicted octanol–water partition coefficient (Wildman–Crippen LogP) is 5.35. The van der Waals surface area contributed by atoms with E-state index in [2.05, 4.69) is 15.1 Å². The Morgan fingerprint density at radius 3 is 2.62 bits per heavy atom. The van der Waals surface area contributed by atoms with Crippen molar-refractivity contribution in [3.63, 3.8) is 0 Å². The molecule has 0 saturated heterocycles. The van der Waals surface area contributed by atoms with Crippen molar-refractivity contribution in [2.75, 3.05) is 7.11 Å². The lowest BCUT2D eigenvalue weighted by molar-refractivity contribution is 0.378. The molecule has 8 heteroatoms. The molecular formula is C24H18F2N4O2. The number of ether oxygens (including phenoxy) is 1. The van der Waals surface area contributed by atoms with Gasteiger partial charge in [0.05, 0.1) is 24.9 Å². The molecule has 2 aromatic carbocycles. The van der Waals surface area contributed by atoms with Gasteiger partial charge in [0, 0.05) is 24.0 Å². The number of aryl methyl sites for hydroxylation is 1. The van der Waals surface area contributed by atoms with E-state index in [9.17, 15) is 8.78 Å². The minimum Gasteiger partial charge on any atom is -0.497 e. The number of benzene rings is 2. The minimum atomic E-state index is -0.960. The number of rotatable bonds is 5.